The van der Waals surface area contributed by atoms with Gasteiger partial charge in [-0.3, -0.25) is 9.78 Å². The predicted molar refractivity (Wildman–Crippen MR) is 119 cm³/mol. The summed E-state index contributed by atoms with van der Waals surface area (Å²) >= 11 is 1.31. The number of carbonyl (C=O) groups excluding carboxylic acids is 1. The zero-order chi connectivity index (χ0) is 21.8. The number of fused-ring (bicyclic) bond motifs is 1. The molecule has 0 aliphatic carbocycles. The molecule has 4 aromatic rings. The topological polar surface area (TPSA) is 86.2 Å². The molecule has 0 bridgehead atoms. The van der Waals surface area contributed by atoms with E-state index in [0.29, 0.717) is 21.4 Å². The lowest BCUT2D eigenvalue weighted by Gasteiger charge is -2.18. The van der Waals surface area contributed by atoms with Gasteiger partial charge < -0.3 is 14.8 Å². The lowest BCUT2D eigenvalue weighted by Crippen LogP contribution is -2.29. The second kappa shape index (κ2) is 9.20. The summed E-state index contributed by atoms with van der Waals surface area (Å²) in [6.07, 6.45) is 1.72. The molecule has 7 nitrogen and oxygen atoms in total. The van der Waals surface area contributed by atoms with Crippen molar-refractivity contribution < 1.29 is 14.3 Å². The summed E-state index contributed by atoms with van der Waals surface area (Å²) in [5, 5.41) is 3.88. The molecule has 1 aromatic carbocycles. The minimum absolute atomic E-state index is 0.199. The van der Waals surface area contributed by atoms with Crippen LogP contribution in [-0.4, -0.2) is 35.1 Å². The Morgan fingerprint density at radius 2 is 1.87 bits per heavy atom. The second-order valence-corrected chi connectivity index (χ2v) is 7.89. The molecule has 0 saturated carbocycles. The molecule has 0 radical (unpaired) electrons. The Bertz CT molecular complexity index is 1160. The van der Waals surface area contributed by atoms with Gasteiger partial charge in [-0.25, -0.2) is 4.98 Å². The number of amides is 1. The molecule has 1 atom stereocenters. The number of thiophene rings is 1. The zero-order valence-corrected chi connectivity index (χ0v) is 18.3. The lowest BCUT2D eigenvalue weighted by atomic mass is 10.0. The SMILES string of the molecule is COCc1nc(OC)c2c(C)c(C(=O)NC(c3ccccc3)c3ccccn3)sc2n1. The average Bonchev–Trinajstić information content (AvgIpc) is 3.14. The fraction of sp³-hybridized carbons (Fsp3) is 0.217. The third-order valence-corrected chi connectivity index (χ3v) is 6.05. The van der Waals surface area contributed by atoms with Gasteiger partial charge in [-0.15, -0.1) is 11.3 Å². The van der Waals surface area contributed by atoms with Crippen LogP contribution >= 0.6 is 11.3 Å². The highest BCUT2D eigenvalue weighted by Gasteiger charge is 2.24. The number of nitrogens with zero attached hydrogens (tertiary/aromatic N) is 3. The Morgan fingerprint density at radius 3 is 2.55 bits per heavy atom. The van der Waals surface area contributed by atoms with Gasteiger partial charge in [-0.2, -0.15) is 4.98 Å². The molecule has 1 N–H and O–H groups in total. The van der Waals surface area contributed by atoms with Crippen LogP contribution in [0.25, 0.3) is 10.2 Å². The highest BCUT2D eigenvalue weighted by molar-refractivity contribution is 7.20. The number of benzene rings is 1. The van der Waals surface area contributed by atoms with Gasteiger partial charge in [0.15, 0.2) is 5.82 Å². The van der Waals surface area contributed by atoms with E-state index in [9.17, 15) is 4.79 Å². The van der Waals surface area contributed by atoms with Crippen molar-refractivity contribution in [2.24, 2.45) is 0 Å². The molecular weight excluding hydrogens is 412 g/mol. The van der Waals surface area contributed by atoms with Gasteiger partial charge in [-0.05, 0) is 30.2 Å². The fourth-order valence-electron chi connectivity index (χ4n) is 3.42. The van der Waals surface area contributed by atoms with E-state index in [1.807, 2.05) is 55.5 Å². The molecule has 1 amide bonds. The highest BCUT2D eigenvalue weighted by atomic mass is 32.1. The van der Waals surface area contributed by atoms with Gasteiger partial charge in [0.25, 0.3) is 5.91 Å². The van der Waals surface area contributed by atoms with E-state index in [1.165, 1.54) is 11.3 Å². The maximum atomic E-state index is 13.4. The standard InChI is InChI=1S/C23H22N4O3S/c1-14-18-22(30-3)25-17(13-29-2)26-23(18)31-20(14)21(28)27-19(15-9-5-4-6-10-15)16-11-7-8-12-24-16/h4-12,19H,13H2,1-3H3,(H,27,28). The van der Waals surface area contributed by atoms with Crippen LogP contribution in [0.3, 0.4) is 0 Å². The van der Waals surface area contributed by atoms with E-state index in [1.54, 1.807) is 20.4 Å². The molecule has 158 valence electrons. The molecule has 1 unspecified atom stereocenters. The van der Waals surface area contributed by atoms with Crippen LogP contribution in [0.5, 0.6) is 5.88 Å². The Hall–Kier alpha value is -3.36. The first-order chi connectivity index (χ1) is 15.1. The normalized spacial score (nSPS) is 12.0. The summed E-state index contributed by atoms with van der Waals surface area (Å²) < 4.78 is 10.6. The molecule has 0 spiro atoms. The number of carbonyl (C=O) groups is 1. The lowest BCUT2D eigenvalue weighted by molar-refractivity contribution is 0.0946. The van der Waals surface area contributed by atoms with Crippen molar-refractivity contribution in [2.45, 2.75) is 19.6 Å². The van der Waals surface area contributed by atoms with E-state index < -0.39 is 0 Å². The van der Waals surface area contributed by atoms with Crippen molar-refractivity contribution in [3.8, 4) is 5.88 Å². The number of pyridine rings is 1. The van der Waals surface area contributed by atoms with Gasteiger partial charge in [-0.1, -0.05) is 36.4 Å². The first-order valence-corrected chi connectivity index (χ1v) is 10.5. The summed E-state index contributed by atoms with van der Waals surface area (Å²) in [5.41, 5.74) is 2.50. The predicted octanol–water partition coefficient (Wildman–Crippen LogP) is 4.07. The summed E-state index contributed by atoms with van der Waals surface area (Å²) in [6, 6.07) is 15.1. The van der Waals surface area contributed by atoms with Gasteiger partial charge in [0, 0.05) is 13.3 Å². The first kappa shape index (κ1) is 20.9. The number of hydrogen-bond acceptors (Lipinski definition) is 7. The minimum atomic E-state index is -0.378. The zero-order valence-electron chi connectivity index (χ0n) is 17.5. The smallest absolute Gasteiger partial charge is 0.262 e. The van der Waals surface area contributed by atoms with Crippen molar-refractivity contribution in [3.05, 3.63) is 82.3 Å². The molecule has 0 aliphatic heterocycles. The Labute approximate surface area is 184 Å². The Morgan fingerprint density at radius 1 is 1.10 bits per heavy atom. The summed E-state index contributed by atoms with van der Waals surface area (Å²) in [5.74, 6) is 0.750. The van der Waals surface area contributed by atoms with Crippen LogP contribution < -0.4 is 10.1 Å². The number of nitrogens with one attached hydrogen (secondary N) is 1. The molecule has 3 aromatic heterocycles. The third-order valence-electron chi connectivity index (χ3n) is 4.87. The largest absolute Gasteiger partial charge is 0.480 e. The molecule has 0 saturated heterocycles. The van der Waals surface area contributed by atoms with Crippen LogP contribution in [0.2, 0.25) is 0 Å². The minimum Gasteiger partial charge on any atom is -0.480 e. The first-order valence-electron chi connectivity index (χ1n) is 9.72. The van der Waals surface area contributed by atoms with E-state index in [2.05, 4.69) is 20.3 Å². The van der Waals surface area contributed by atoms with Crippen LogP contribution in [0.4, 0.5) is 0 Å². The van der Waals surface area contributed by atoms with Crippen molar-refractivity contribution >= 4 is 27.5 Å². The monoisotopic (exact) mass is 434 g/mol. The molecule has 31 heavy (non-hydrogen) atoms. The quantitative estimate of drug-likeness (QED) is 0.472. The van der Waals surface area contributed by atoms with E-state index in [-0.39, 0.29) is 18.6 Å². The maximum Gasteiger partial charge on any atom is 0.262 e. The van der Waals surface area contributed by atoms with Crippen molar-refractivity contribution in [3.63, 3.8) is 0 Å². The maximum absolute atomic E-state index is 13.4. The molecule has 0 fully saturated rings. The fourth-order valence-corrected chi connectivity index (χ4v) is 4.51. The number of rotatable bonds is 7. The van der Waals surface area contributed by atoms with Crippen LogP contribution in [0.1, 0.15) is 38.4 Å². The van der Waals surface area contributed by atoms with Crippen molar-refractivity contribution in [1.29, 1.82) is 0 Å². The van der Waals surface area contributed by atoms with Crippen LogP contribution in [0, 0.1) is 6.92 Å². The highest BCUT2D eigenvalue weighted by Crippen LogP contribution is 2.35. The summed E-state index contributed by atoms with van der Waals surface area (Å²) in [4.78, 5) is 28.0. The molecular formula is C23H22N4O3S. The van der Waals surface area contributed by atoms with Gasteiger partial charge >= 0.3 is 0 Å². The number of hydrogen-bond donors (Lipinski definition) is 1. The Kier molecular flexibility index (Phi) is 6.20. The second-order valence-electron chi connectivity index (χ2n) is 6.89. The van der Waals surface area contributed by atoms with Crippen molar-refractivity contribution in [1.82, 2.24) is 20.3 Å². The molecule has 3 heterocycles. The Balaban J connectivity index is 1.73. The van der Waals surface area contributed by atoms with Gasteiger partial charge in [0.05, 0.1) is 29.1 Å². The third kappa shape index (κ3) is 4.26. The van der Waals surface area contributed by atoms with Gasteiger partial charge in [0.2, 0.25) is 5.88 Å². The van der Waals surface area contributed by atoms with Crippen molar-refractivity contribution in [2.75, 3.05) is 14.2 Å². The van der Waals surface area contributed by atoms with Gasteiger partial charge in [0.1, 0.15) is 11.4 Å². The van der Waals surface area contributed by atoms with Crippen LogP contribution in [-0.2, 0) is 11.3 Å². The van der Waals surface area contributed by atoms with E-state index in [4.69, 9.17) is 9.47 Å². The van der Waals surface area contributed by atoms with Crippen LogP contribution in [0.15, 0.2) is 54.7 Å². The van der Waals surface area contributed by atoms with E-state index in [0.717, 1.165) is 22.2 Å². The molecule has 0 aliphatic rings. The summed E-state index contributed by atoms with van der Waals surface area (Å²) in [6.45, 7) is 2.15. The molecule has 8 heteroatoms. The van der Waals surface area contributed by atoms with E-state index >= 15 is 0 Å². The number of aromatic nitrogens is 3. The number of aryl methyl sites for hydroxylation is 1. The number of methoxy groups -OCH3 is 2. The molecule has 4 rings (SSSR count). The number of ether oxygens (including phenoxy) is 2. The summed E-state index contributed by atoms with van der Waals surface area (Å²) in [7, 11) is 3.14. The average molecular weight is 435 g/mol.